The van der Waals surface area contributed by atoms with Crippen molar-refractivity contribution in [2.75, 3.05) is 39.5 Å². The van der Waals surface area contributed by atoms with Gasteiger partial charge in [0, 0.05) is 37.8 Å². The third-order valence-corrected chi connectivity index (χ3v) is 5.13. The van der Waals surface area contributed by atoms with Crippen LogP contribution in [0.1, 0.15) is 29.5 Å². The lowest BCUT2D eigenvalue weighted by atomic mass is 9.95. The summed E-state index contributed by atoms with van der Waals surface area (Å²) in [5.41, 5.74) is 3.07. The van der Waals surface area contributed by atoms with Gasteiger partial charge in [0.1, 0.15) is 12.4 Å². The molecule has 6 nitrogen and oxygen atoms in total. The number of benzene rings is 1. The Morgan fingerprint density at radius 3 is 2.96 bits per heavy atom. The molecule has 27 heavy (non-hydrogen) atoms. The number of fused-ring (bicyclic) bond motifs is 2. The third kappa shape index (κ3) is 4.12. The molecule has 1 aromatic carbocycles. The molecule has 1 fully saturated rings. The number of pyridine rings is 1. The Balaban J connectivity index is 1.36. The van der Waals surface area contributed by atoms with Gasteiger partial charge in [0.2, 0.25) is 5.88 Å². The lowest BCUT2D eigenvalue weighted by Crippen LogP contribution is -2.38. The molecule has 4 rings (SSSR count). The highest BCUT2D eigenvalue weighted by Crippen LogP contribution is 2.36. The number of morpholine rings is 1. The van der Waals surface area contributed by atoms with Gasteiger partial charge in [-0.15, -0.1) is 0 Å². The van der Waals surface area contributed by atoms with Gasteiger partial charge in [-0.05, 0) is 30.2 Å². The molecule has 1 atom stereocenters. The molecule has 2 aromatic rings. The molecule has 0 amide bonds. The van der Waals surface area contributed by atoms with Gasteiger partial charge in [-0.1, -0.05) is 18.2 Å². The molecular weight excluding hydrogens is 344 g/mol. The zero-order valence-electron chi connectivity index (χ0n) is 15.5. The Hall–Kier alpha value is -2.44. The highest BCUT2D eigenvalue weighted by molar-refractivity contribution is 5.78. The summed E-state index contributed by atoms with van der Waals surface area (Å²) in [5.74, 6) is 0.962. The Bertz CT molecular complexity index is 818. The first-order chi connectivity index (χ1) is 13.2. The fourth-order valence-electron chi connectivity index (χ4n) is 3.43. The minimum absolute atomic E-state index is 0.193. The van der Waals surface area contributed by atoms with Crippen LogP contribution in [0.2, 0.25) is 0 Å². The first kappa shape index (κ1) is 17.9. The normalized spacial score (nSPS) is 17.4. The summed E-state index contributed by atoms with van der Waals surface area (Å²) in [5, 5.41) is 0. The molecule has 1 saturated heterocycles. The van der Waals surface area contributed by atoms with Gasteiger partial charge in [0.15, 0.2) is 0 Å². The van der Waals surface area contributed by atoms with Crippen molar-refractivity contribution in [1.29, 1.82) is 0 Å². The van der Waals surface area contributed by atoms with E-state index >= 15 is 0 Å². The van der Waals surface area contributed by atoms with E-state index in [1.165, 1.54) is 0 Å². The third-order valence-electron chi connectivity index (χ3n) is 5.13. The maximum Gasteiger partial charge on any atom is 0.313 e. The van der Waals surface area contributed by atoms with Crippen LogP contribution in [0.15, 0.2) is 36.5 Å². The number of esters is 1. The van der Waals surface area contributed by atoms with Crippen LogP contribution in [0, 0.1) is 0 Å². The quantitative estimate of drug-likeness (QED) is 0.646. The SMILES string of the molecule is CC(C(=O)OCCN1CCOCC1)c1ccc2c(c1)Cc1cccnc1O2. The van der Waals surface area contributed by atoms with Crippen LogP contribution >= 0.6 is 0 Å². The molecule has 142 valence electrons. The number of aromatic nitrogens is 1. The van der Waals surface area contributed by atoms with Gasteiger partial charge in [-0.2, -0.15) is 0 Å². The minimum Gasteiger partial charge on any atom is -0.464 e. The summed E-state index contributed by atoms with van der Waals surface area (Å²) >= 11 is 0. The Morgan fingerprint density at radius 2 is 2.11 bits per heavy atom. The Labute approximate surface area is 159 Å². The minimum atomic E-state index is -0.310. The number of hydrogen-bond acceptors (Lipinski definition) is 6. The van der Waals surface area contributed by atoms with E-state index in [4.69, 9.17) is 14.2 Å². The lowest BCUT2D eigenvalue weighted by molar-refractivity contribution is -0.145. The van der Waals surface area contributed by atoms with Crippen LogP contribution in [-0.4, -0.2) is 55.3 Å². The molecule has 0 bridgehead atoms. The highest BCUT2D eigenvalue weighted by atomic mass is 16.5. The summed E-state index contributed by atoms with van der Waals surface area (Å²) in [7, 11) is 0. The van der Waals surface area contributed by atoms with Crippen LogP contribution in [-0.2, 0) is 20.7 Å². The number of carbonyl (C=O) groups is 1. The van der Waals surface area contributed by atoms with Gasteiger partial charge in [0.25, 0.3) is 0 Å². The first-order valence-corrected chi connectivity index (χ1v) is 9.42. The van der Waals surface area contributed by atoms with Crippen molar-refractivity contribution in [3.63, 3.8) is 0 Å². The maximum atomic E-state index is 12.4. The number of nitrogens with zero attached hydrogens (tertiary/aromatic N) is 2. The molecule has 0 radical (unpaired) electrons. The van der Waals surface area contributed by atoms with Crippen LogP contribution in [0.5, 0.6) is 11.6 Å². The van der Waals surface area contributed by atoms with E-state index in [1.54, 1.807) is 6.20 Å². The van der Waals surface area contributed by atoms with E-state index in [2.05, 4.69) is 9.88 Å². The van der Waals surface area contributed by atoms with Gasteiger partial charge in [0.05, 0.1) is 19.1 Å². The fraction of sp³-hybridized carbons (Fsp3) is 0.429. The second kappa shape index (κ2) is 8.06. The molecule has 3 heterocycles. The molecular formula is C21H24N2O4. The van der Waals surface area contributed by atoms with E-state index in [0.717, 1.165) is 61.7 Å². The molecule has 0 aliphatic carbocycles. The lowest BCUT2D eigenvalue weighted by Gasteiger charge is -2.26. The molecule has 6 heteroatoms. The molecule has 2 aliphatic heterocycles. The summed E-state index contributed by atoms with van der Waals surface area (Å²) in [6.45, 7) is 6.35. The van der Waals surface area contributed by atoms with Crippen molar-refractivity contribution in [3.05, 3.63) is 53.2 Å². The van der Waals surface area contributed by atoms with Gasteiger partial charge >= 0.3 is 5.97 Å². The van der Waals surface area contributed by atoms with E-state index in [1.807, 2.05) is 37.3 Å². The predicted octanol–water partition coefficient (Wildman–Crippen LogP) is 2.76. The monoisotopic (exact) mass is 368 g/mol. The molecule has 0 N–H and O–H groups in total. The van der Waals surface area contributed by atoms with Crippen molar-refractivity contribution < 1.29 is 19.0 Å². The fourth-order valence-corrected chi connectivity index (χ4v) is 3.43. The van der Waals surface area contributed by atoms with Crippen LogP contribution in [0.3, 0.4) is 0 Å². The van der Waals surface area contributed by atoms with Crippen molar-refractivity contribution in [2.24, 2.45) is 0 Å². The van der Waals surface area contributed by atoms with Crippen molar-refractivity contribution >= 4 is 5.97 Å². The van der Waals surface area contributed by atoms with Crippen molar-refractivity contribution in [1.82, 2.24) is 9.88 Å². The second-order valence-corrected chi connectivity index (χ2v) is 6.96. The van der Waals surface area contributed by atoms with E-state index in [9.17, 15) is 4.79 Å². The molecule has 0 saturated carbocycles. The number of ether oxygens (including phenoxy) is 3. The van der Waals surface area contributed by atoms with Gasteiger partial charge in [-0.25, -0.2) is 4.98 Å². The van der Waals surface area contributed by atoms with Gasteiger partial charge < -0.3 is 14.2 Å². The molecule has 0 spiro atoms. The topological polar surface area (TPSA) is 60.9 Å². The number of rotatable bonds is 5. The van der Waals surface area contributed by atoms with E-state index < -0.39 is 0 Å². The number of carbonyl (C=O) groups excluding carboxylic acids is 1. The summed E-state index contributed by atoms with van der Waals surface area (Å²) in [6, 6.07) is 9.81. The summed E-state index contributed by atoms with van der Waals surface area (Å²) < 4.78 is 16.7. The Kier molecular flexibility index (Phi) is 5.36. The van der Waals surface area contributed by atoms with Crippen LogP contribution in [0.4, 0.5) is 0 Å². The highest BCUT2D eigenvalue weighted by Gasteiger charge is 2.22. The average Bonchev–Trinajstić information content (AvgIpc) is 2.72. The first-order valence-electron chi connectivity index (χ1n) is 9.42. The van der Waals surface area contributed by atoms with E-state index in [-0.39, 0.29) is 11.9 Å². The number of hydrogen-bond donors (Lipinski definition) is 0. The van der Waals surface area contributed by atoms with E-state index in [0.29, 0.717) is 12.5 Å². The van der Waals surface area contributed by atoms with Crippen molar-refractivity contribution in [2.45, 2.75) is 19.3 Å². The molecule has 1 unspecified atom stereocenters. The zero-order valence-corrected chi connectivity index (χ0v) is 15.5. The average molecular weight is 368 g/mol. The molecule has 2 aliphatic rings. The smallest absolute Gasteiger partial charge is 0.313 e. The zero-order chi connectivity index (χ0) is 18.6. The van der Waals surface area contributed by atoms with Crippen LogP contribution in [0.25, 0.3) is 0 Å². The van der Waals surface area contributed by atoms with Gasteiger partial charge in [-0.3, -0.25) is 9.69 Å². The Morgan fingerprint density at radius 1 is 1.26 bits per heavy atom. The predicted molar refractivity (Wildman–Crippen MR) is 100 cm³/mol. The van der Waals surface area contributed by atoms with Crippen LogP contribution < -0.4 is 4.74 Å². The summed E-state index contributed by atoms with van der Waals surface area (Å²) in [4.78, 5) is 19.0. The standard InChI is InChI=1S/C21H24N2O4/c1-15(21(24)26-12-9-23-7-10-25-11-8-23)16-4-5-19-18(13-16)14-17-3-2-6-22-20(17)27-19/h2-6,13,15H,7-12,14H2,1H3. The summed E-state index contributed by atoms with van der Waals surface area (Å²) in [6.07, 6.45) is 2.48. The second-order valence-electron chi connectivity index (χ2n) is 6.96. The maximum absolute atomic E-state index is 12.4. The largest absolute Gasteiger partial charge is 0.464 e. The van der Waals surface area contributed by atoms with Crippen molar-refractivity contribution in [3.8, 4) is 11.6 Å². The molecule has 1 aromatic heterocycles.